The Morgan fingerprint density at radius 2 is 2.09 bits per heavy atom. The number of hydrogen-bond donors (Lipinski definition) is 0. The van der Waals surface area contributed by atoms with Crippen LogP contribution in [0.4, 0.5) is 0 Å². The van der Waals surface area contributed by atoms with Gasteiger partial charge in [0.1, 0.15) is 30.4 Å². The monoisotopic (exact) mass is 453 g/mol. The number of hydrogen-bond acceptors (Lipinski definition) is 7. The average molecular weight is 454 g/mol. The molecule has 0 spiro atoms. The van der Waals surface area contributed by atoms with Gasteiger partial charge in [0, 0.05) is 37.6 Å². The van der Waals surface area contributed by atoms with Gasteiger partial charge in [-0.15, -0.1) is 0 Å². The molecule has 1 saturated heterocycles. The molecule has 5 rings (SSSR count). The van der Waals surface area contributed by atoms with Gasteiger partial charge in [0.05, 0.1) is 18.4 Å². The summed E-state index contributed by atoms with van der Waals surface area (Å²) < 4.78 is 29.9. The van der Waals surface area contributed by atoms with Gasteiger partial charge in [0.15, 0.2) is 0 Å². The first-order valence-corrected chi connectivity index (χ1v) is 11.5. The molecule has 2 aromatic rings. The van der Waals surface area contributed by atoms with Crippen LogP contribution >= 0.6 is 0 Å². The fourth-order valence-electron chi connectivity index (χ4n) is 6.02. The van der Waals surface area contributed by atoms with Gasteiger partial charge in [-0.05, 0) is 44.2 Å². The molecule has 7 heteroatoms. The van der Waals surface area contributed by atoms with Crippen LogP contribution in [0.3, 0.4) is 0 Å². The molecule has 1 fully saturated rings. The van der Waals surface area contributed by atoms with Gasteiger partial charge in [0.25, 0.3) is 0 Å². The Morgan fingerprint density at radius 1 is 1.27 bits per heavy atom. The summed E-state index contributed by atoms with van der Waals surface area (Å²) >= 11 is 0. The Balaban J connectivity index is 1.54. The number of likely N-dealkylation sites (N-methyl/N-ethyl adjacent to an activating group) is 1. The lowest BCUT2D eigenvalue weighted by molar-refractivity contribution is -0.160. The number of furan rings is 1. The molecule has 0 amide bonds. The number of carbonyl (C=O) groups excluding carboxylic acids is 1. The summed E-state index contributed by atoms with van der Waals surface area (Å²) in [6.07, 6.45) is 4.58. The number of ether oxygens (including phenoxy) is 4. The SMILES string of the molecule is COCO[C@@H]1C[C@@]23CN(C)CCO[C@@]2(CC=C3[C@@H](C)OC(=O)c2ccccc2)c2ccoc21. The Hall–Kier alpha value is -2.45. The highest BCUT2D eigenvalue weighted by Gasteiger charge is 2.65. The Morgan fingerprint density at radius 3 is 2.88 bits per heavy atom. The lowest BCUT2D eigenvalue weighted by Crippen LogP contribution is -2.54. The molecular weight excluding hydrogens is 422 g/mol. The maximum absolute atomic E-state index is 12.9. The molecule has 1 aromatic carbocycles. The van der Waals surface area contributed by atoms with Gasteiger partial charge in [-0.2, -0.15) is 0 Å². The van der Waals surface area contributed by atoms with Crippen molar-refractivity contribution in [2.24, 2.45) is 5.41 Å². The minimum absolute atomic E-state index is 0.169. The highest BCUT2D eigenvalue weighted by molar-refractivity contribution is 5.89. The van der Waals surface area contributed by atoms with Crippen LogP contribution < -0.4 is 0 Å². The fourth-order valence-corrected chi connectivity index (χ4v) is 6.02. The minimum atomic E-state index is -0.574. The molecule has 0 unspecified atom stereocenters. The van der Waals surface area contributed by atoms with Crippen molar-refractivity contribution in [1.82, 2.24) is 4.90 Å². The average Bonchev–Trinajstić information content (AvgIpc) is 3.39. The molecule has 0 saturated carbocycles. The maximum atomic E-state index is 12.9. The second kappa shape index (κ2) is 8.72. The van der Waals surface area contributed by atoms with Crippen LogP contribution in [0.5, 0.6) is 0 Å². The van der Waals surface area contributed by atoms with Crippen molar-refractivity contribution in [1.29, 1.82) is 0 Å². The molecule has 33 heavy (non-hydrogen) atoms. The lowest BCUT2D eigenvalue weighted by Gasteiger charge is -2.52. The predicted octanol–water partition coefficient (Wildman–Crippen LogP) is 4.06. The van der Waals surface area contributed by atoms with Crippen LogP contribution in [-0.4, -0.2) is 57.6 Å². The lowest BCUT2D eigenvalue weighted by atomic mass is 9.59. The van der Waals surface area contributed by atoms with Gasteiger partial charge in [-0.1, -0.05) is 24.3 Å². The third kappa shape index (κ3) is 3.54. The maximum Gasteiger partial charge on any atom is 0.338 e. The number of fused-ring (bicyclic) bond motifs is 1. The quantitative estimate of drug-likeness (QED) is 0.371. The van der Waals surface area contributed by atoms with Crippen molar-refractivity contribution in [3.8, 4) is 0 Å². The van der Waals surface area contributed by atoms with E-state index in [1.807, 2.05) is 31.2 Å². The molecule has 1 aromatic heterocycles. The van der Waals surface area contributed by atoms with Crippen LogP contribution in [0.1, 0.15) is 47.6 Å². The van der Waals surface area contributed by atoms with E-state index in [0.717, 1.165) is 30.0 Å². The summed E-state index contributed by atoms with van der Waals surface area (Å²) in [4.78, 5) is 15.2. The van der Waals surface area contributed by atoms with Crippen molar-refractivity contribution in [3.63, 3.8) is 0 Å². The highest BCUT2D eigenvalue weighted by Crippen LogP contribution is 2.65. The Kier molecular flexibility index (Phi) is 5.91. The molecule has 7 nitrogen and oxygen atoms in total. The molecule has 0 N–H and O–H groups in total. The van der Waals surface area contributed by atoms with E-state index < -0.39 is 17.1 Å². The number of benzene rings is 1. The Labute approximate surface area is 194 Å². The van der Waals surface area contributed by atoms with Crippen molar-refractivity contribution in [2.75, 3.05) is 40.6 Å². The number of carbonyl (C=O) groups is 1. The minimum Gasteiger partial charge on any atom is -0.466 e. The number of rotatable bonds is 6. The predicted molar refractivity (Wildman–Crippen MR) is 121 cm³/mol. The number of nitrogens with zero attached hydrogens (tertiary/aromatic N) is 1. The van der Waals surface area contributed by atoms with E-state index in [1.165, 1.54) is 0 Å². The summed E-state index contributed by atoms with van der Waals surface area (Å²) in [7, 11) is 3.73. The normalized spacial score (nSPS) is 29.9. The van der Waals surface area contributed by atoms with E-state index >= 15 is 0 Å². The van der Waals surface area contributed by atoms with Crippen LogP contribution in [-0.2, 0) is 24.5 Å². The molecule has 1 aliphatic heterocycles. The zero-order chi connectivity index (χ0) is 23.1. The number of methoxy groups -OCH3 is 1. The van der Waals surface area contributed by atoms with E-state index in [2.05, 4.69) is 18.0 Å². The second-order valence-corrected chi connectivity index (χ2v) is 9.24. The summed E-state index contributed by atoms with van der Waals surface area (Å²) in [5.74, 6) is 0.476. The summed E-state index contributed by atoms with van der Waals surface area (Å²) in [5.41, 5.74) is 1.65. The standard InChI is InChI=1S/C26H31NO6/c1-18(33-24(28)19-7-5-4-6-8-19)20-9-11-26-21-10-13-30-23(21)22(31-17-29-3)15-25(20,26)16-27(2)12-14-32-26/h4-10,13,18,22H,11-12,14-17H2,1-3H3/t18-,22-,25+,26+/m1/s1. The fraction of sp³-hybridized carbons (Fsp3) is 0.500. The van der Waals surface area contributed by atoms with E-state index in [9.17, 15) is 4.79 Å². The van der Waals surface area contributed by atoms with Crippen molar-refractivity contribution >= 4 is 5.97 Å². The molecule has 0 radical (unpaired) electrons. The molecule has 176 valence electrons. The first kappa shape index (κ1) is 22.3. The van der Waals surface area contributed by atoms with Crippen LogP contribution in [0.15, 0.2) is 58.7 Å². The molecule has 2 heterocycles. The molecule has 0 bridgehead atoms. The number of esters is 1. The van der Waals surface area contributed by atoms with Crippen LogP contribution in [0.2, 0.25) is 0 Å². The smallest absolute Gasteiger partial charge is 0.338 e. The first-order valence-electron chi connectivity index (χ1n) is 11.5. The molecule has 4 atom stereocenters. The highest BCUT2D eigenvalue weighted by atomic mass is 16.7. The molecular formula is C26H31NO6. The largest absolute Gasteiger partial charge is 0.466 e. The van der Waals surface area contributed by atoms with Crippen LogP contribution in [0.25, 0.3) is 0 Å². The van der Waals surface area contributed by atoms with Crippen molar-refractivity contribution in [2.45, 2.75) is 37.6 Å². The summed E-state index contributed by atoms with van der Waals surface area (Å²) in [5, 5.41) is 0. The topological polar surface area (TPSA) is 70.4 Å². The van der Waals surface area contributed by atoms with Crippen LogP contribution in [0, 0.1) is 5.41 Å². The van der Waals surface area contributed by atoms with Crippen molar-refractivity contribution < 1.29 is 28.2 Å². The van der Waals surface area contributed by atoms with E-state index in [4.69, 9.17) is 23.4 Å². The van der Waals surface area contributed by atoms with Gasteiger partial charge in [-0.25, -0.2) is 4.79 Å². The zero-order valence-electron chi connectivity index (χ0n) is 19.4. The van der Waals surface area contributed by atoms with E-state index in [1.54, 1.807) is 25.5 Å². The Bertz CT molecular complexity index is 1030. The van der Waals surface area contributed by atoms with E-state index in [0.29, 0.717) is 25.0 Å². The second-order valence-electron chi connectivity index (χ2n) is 9.24. The van der Waals surface area contributed by atoms with Gasteiger partial charge < -0.3 is 28.3 Å². The van der Waals surface area contributed by atoms with E-state index in [-0.39, 0.29) is 18.9 Å². The summed E-state index contributed by atoms with van der Waals surface area (Å²) in [6, 6.07) is 11.1. The summed E-state index contributed by atoms with van der Waals surface area (Å²) in [6.45, 7) is 4.33. The van der Waals surface area contributed by atoms with Gasteiger partial charge in [0.2, 0.25) is 0 Å². The third-order valence-electron chi connectivity index (χ3n) is 7.37. The molecule has 3 aliphatic rings. The van der Waals surface area contributed by atoms with Crippen molar-refractivity contribution in [3.05, 3.63) is 71.2 Å². The third-order valence-corrected chi connectivity index (χ3v) is 7.37. The van der Waals surface area contributed by atoms with Gasteiger partial charge in [-0.3, -0.25) is 0 Å². The molecule has 2 aliphatic carbocycles. The van der Waals surface area contributed by atoms with Gasteiger partial charge >= 0.3 is 5.97 Å². The first-order chi connectivity index (χ1) is 16.0. The zero-order valence-corrected chi connectivity index (χ0v) is 19.4.